The van der Waals surface area contributed by atoms with Crippen LogP contribution in [-0.2, 0) is 5.54 Å². The van der Waals surface area contributed by atoms with E-state index in [9.17, 15) is 4.39 Å². The van der Waals surface area contributed by atoms with Crippen molar-refractivity contribution >= 4 is 0 Å². The minimum absolute atomic E-state index is 0.00188. The maximum absolute atomic E-state index is 13.7. The van der Waals surface area contributed by atoms with E-state index in [1.807, 2.05) is 6.92 Å². The fourth-order valence-corrected chi connectivity index (χ4v) is 3.19. The van der Waals surface area contributed by atoms with Crippen LogP contribution in [0, 0.1) is 12.7 Å². The zero-order valence-corrected chi connectivity index (χ0v) is 11.6. The monoisotopic (exact) mass is 249 g/mol. The van der Waals surface area contributed by atoms with Gasteiger partial charge in [-0.15, -0.1) is 0 Å². The summed E-state index contributed by atoms with van der Waals surface area (Å²) in [6.07, 6.45) is 7.11. The molecule has 1 atom stereocenters. The molecule has 0 aliphatic carbocycles. The van der Waals surface area contributed by atoms with Crippen molar-refractivity contribution in [2.24, 2.45) is 0 Å². The van der Waals surface area contributed by atoms with Crippen LogP contribution in [0.25, 0.3) is 0 Å². The third kappa shape index (κ3) is 2.92. The second kappa shape index (κ2) is 5.83. The highest BCUT2D eigenvalue weighted by molar-refractivity contribution is 5.30. The van der Waals surface area contributed by atoms with Crippen molar-refractivity contribution in [3.05, 3.63) is 35.1 Å². The van der Waals surface area contributed by atoms with Crippen LogP contribution in [-0.4, -0.2) is 6.54 Å². The number of benzene rings is 1. The second-order valence-corrected chi connectivity index (χ2v) is 5.59. The minimum atomic E-state index is -0.105. The summed E-state index contributed by atoms with van der Waals surface area (Å²) in [4.78, 5) is 0. The van der Waals surface area contributed by atoms with E-state index in [2.05, 4.69) is 18.3 Å². The topological polar surface area (TPSA) is 12.0 Å². The smallest absolute Gasteiger partial charge is 0.123 e. The molecule has 1 N–H and O–H groups in total. The summed E-state index contributed by atoms with van der Waals surface area (Å²) in [7, 11) is 0. The molecule has 100 valence electrons. The van der Waals surface area contributed by atoms with Gasteiger partial charge in [0.15, 0.2) is 0 Å². The highest BCUT2D eigenvalue weighted by Gasteiger charge is 2.31. The molecule has 1 aromatic carbocycles. The number of nitrogens with one attached hydrogen (secondary N) is 1. The molecule has 0 amide bonds. The molecule has 2 heteroatoms. The lowest BCUT2D eigenvalue weighted by molar-refractivity contribution is 0.296. The van der Waals surface area contributed by atoms with Gasteiger partial charge in [-0.2, -0.15) is 0 Å². The van der Waals surface area contributed by atoms with Gasteiger partial charge in [0.05, 0.1) is 0 Å². The first-order chi connectivity index (χ1) is 8.66. The molecule has 0 aromatic heterocycles. The highest BCUT2D eigenvalue weighted by atomic mass is 19.1. The van der Waals surface area contributed by atoms with Gasteiger partial charge in [-0.1, -0.05) is 32.3 Å². The lowest BCUT2D eigenvalue weighted by Crippen LogP contribution is -2.41. The van der Waals surface area contributed by atoms with Gasteiger partial charge in [-0.05, 0) is 56.0 Å². The second-order valence-electron chi connectivity index (χ2n) is 5.59. The van der Waals surface area contributed by atoms with Crippen LogP contribution in [0.2, 0.25) is 0 Å². The van der Waals surface area contributed by atoms with Gasteiger partial charge < -0.3 is 5.32 Å². The molecule has 1 nitrogen and oxygen atoms in total. The predicted molar refractivity (Wildman–Crippen MR) is 74.2 cm³/mol. The van der Waals surface area contributed by atoms with Crippen molar-refractivity contribution in [3.63, 3.8) is 0 Å². The normalized spacial score (nSPS) is 24.8. The van der Waals surface area contributed by atoms with Crippen LogP contribution < -0.4 is 5.32 Å². The Labute approximate surface area is 110 Å². The molecule has 1 heterocycles. The number of hydrogen-bond acceptors (Lipinski definition) is 1. The van der Waals surface area contributed by atoms with E-state index in [0.717, 1.165) is 36.9 Å². The van der Waals surface area contributed by atoms with Gasteiger partial charge in [-0.25, -0.2) is 4.39 Å². The zero-order valence-electron chi connectivity index (χ0n) is 11.6. The standard InChI is InChI=1S/C16H24FN/c1-3-7-16(8-5-4-6-9-18-16)14-10-13(2)11-15(17)12-14/h10-12,18H,3-9H2,1-2H3. The molecular weight excluding hydrogens is 225 g/mol. The van der Waals surface area contributed by atoms with Crippen LogP contribution in [0.1, 0.15) is 56.6 Å². The molecule has 1 saturated heterocycles. The largest absolute Gasteiger partial charge is 0.307 e. The molecule has 0 bridgehead atoms. The van der Waals surface area contributed by atoms with Gasteiger partial charge in [0.25, 0.3) is 0 Å². The van der Waals surface area contributed by atoms with Crippen molar-refractivity contribution in [1.82, 2.24) is 5.32 Å². The number of aryl methyl sites for hydroxylation is 1. The zero-order chi connectivity index (χ0) is 13.0. The lowest BCUT2D eigenvalue weighted by Gasteiger charge is -2.35. The summed E-state index contributed by atoms with van der Waals surface area (Å²) in [6, 6.07) is 5.48. The minimum Gasteiger partial charge on any atom is -0.307 e. The Morgan fingerprint density at radius 3 is 2.78 bits per heavy atom. The third-order valence-corrected chi connectivity index (χ3v) is 4.02. The quantitative estimate of drug-likeness (QED) is 0.842. The molecule has 0 spiro atoms. The number of hydrogen-bond donors (Lipinski definition) is 1. The SMILES string of the molecule is CCCC1(c2cc(C)cc(F)c2)CCCCCN1. The molecule has 1 aliphatic rings. The Bertz CT molecular complexity index is 372. The van der Waals surface area contributed by atoms with E-state index in [1.165, 1.54) is 19.3 Å². The first kappa shape index (κ1) is 13.5. The number of halogens is 1. The van der Waals surface area contributed by atoms with Crippen LogP contribution in [0.15, 0.2) is 18.2 Å². The Morgan fingerprint density at radius 1 is 1.22 bits per heavy atom. The lowest BCUT2D eigenvalue weighted by atomic mass is 9.81. The van der Waals surface area contributed by atoms with Gasteiger partial charge in [0, 0.05) is 5.54 Å². The molecule has 1 fully saturated rings. The van der Waals surface area contributed by atoms with Crippen LogP contribution in [0.5, 0.6) is 0 Å². The van der Waals surface area contributed by atoms with Gasteiger partial charge in [0.2, 0.25) is 0 Å². The first-order valence-corrected chi connectivity index (χ1v) is 7.19. The van der Waals surface area contributed by atoms with Crippen LogP contribution in [0.3, 0.4) is 0 Å². The average Bonchev–Trinajstić information content (AvgIpc) is 2.55. The predicted octanol–water partition coefficient (Wildman–Crippen LogP) is 4.29. The Kier molecular flexibility index (Phi) is 4.39. The van der Waals surface area contributed by atoms with Gasteiger partial charge in [-0.3, -0.25) is 0 Å². The van der Waals surface area contributed by atoms with Crippen molar-refractivity contribution in [1.29, 1.82) is 0 Å². The van der Waals surface area contributed by atoms with Crippen LogP contribution in [0.4, 0.5) is 4.39 Å². The van der Waals surface area contributed by atoms with Crippen molar-refractivity contribution in [2.75, 3.05) is 6.54 Å². The Morgan fingerprint density at radius 2 is 2.06 bits per heavy atom. The van der Waals surface area contributed by atoms with Crippen molar-refractivity contribution in [2.45, 2.75) is 57.9 Å². The molecule has 0 saturated carbocycles. The summed E-state index contributed by atoms with van der Waals surface area (Å²) in [5.41, 5.74) is 2.16. The fraction of sp³-hybridized carbons (Fsp3) is 0.625. The highest BCUT2D eigenvalue weighted by Crippen LogP contribution is 2.35. The molecule has 18 heavy (non-hydrogen) atoms. The molecule has 1 aromatic rings. The molecule has 2 rings (SSSR count). The summed E-state index contributed by atoms with van der Waals surface area (Å²) in [6.45, 7) is 5.24. The number of rotatable bonds is 3. The van der Waals surface area contributed by atoms with E-state index in [1.54, 1.807) is 12.1 Å². The molecule has 1 aliphatic heterocycles. The maximum atomic E-state index is 13.7. The van der Waals surface area contributed by atoms with E-state index >= 15 is 0 Å². The van der Waals surface area contributed by atoms with Gasteiger partial charge >= 0.3 is 0 Å². The third-order valence-electron chi connectivity index (χ3n) is 4.02. The van der Waals surface area contributed by atoms with Crippen molar-refractivity contribution in [3.8, 4) is 0 Å². The first-order valence-electron chi connectivity index (χ1n) is 7.19. The Hall–Kier alpha value is -0.890. The molecule has 0 radical (unpaired) electrons. The van der Waals surface area contributed by atoms with E-state index in [-0.39, 0.29) is 11.4 Å². The van der Waals surface area contributed by atoms with Gasteiger partial charge in [0.1, 0.15) is 5.82 Å². The Balaban J connectivity index is 2.37. The average molecular weight is 249 g/mol. The summed E-state index contributed by atoms with van der Waals surface area (Å²) in [5.74, 6) is -0.105. The van der Waals surface area contributed by atoms with E-state index in [0.29, 0.717) is 0 Å². The summed E-state index contributed by atoms with van der Waals surface area (Å²) >= 11 is 0. The van der Waals surface area contributed by atoms with Crippen LogP contribution >= 0.6 is 0 Å². The maximum Gasteiger partial charge on any atom is 0.123 e. The fourth-order valence-electron chi connectivity index (χ4n) is 3.19. The molecule has 1 unspecified atom stereocenters. The van der Waals surface area contributed by atoms with E-state index < -0.39 is 0 Å². The van der Waals surface area contributed by atoms with Crippen molar-refractivity contribution < 1.29 is 4.39 Å². The van der Waals surface area contributed by atoms with E-state index in [4.69, 9.17) is 0 Å². The molecular formula is C16H24FN. The summed E-state index contributed by atoms with van der Waals surface area (Å²) < 4.78 is 13.7. The summed E-state index contributed by atoms with van der Waals surface area (Å²) in [5, 5.41) is 3.70.